The van der Waals surface area contributed by atoms with Crippen LogP contribution in [0.2, 0.25) is 4.34 Å². The highest BCUT2D eigenvalue weighted by Crippen LogP contribution is 2.21. The van der Waals surface area contributed by atoms with Gasteiger partial charge in [0, 0.05) is 24.5 Å². The van der Waals surface area contributed by atoms with E-state index in [0.717, 1.165) is 17.3 Å². The van der Waals surface area contributed by atoms with Crippen LogP contribution in [0.5, 0.6) is 0 Å². The molecule has 0 aliphatic rings. The minimum Gasteiger partial charge on any atom is -0.390 e. The van der Waals surface area contributed by atoms with Gasteiger partial charge in [-0.05, 0) is 18.6 Å². The number of rotatable bonds is 6. The molecule has 0 amide bonds. The van der Waals surface area contributed by atoms with Crippen LogP contribution in [0.25, 0.3) is 0 Å². The first kappa shape index (κ1) is 11.9. The Hall–Kier alpha value is -0.130. The third kappa shape index (κ3) is 4.39. The highest BCUT2D eigenvalue weighted by Gasteiger charge is 2.00. The average Bonchev–Trinajstić information content (AvgIpc) is 2.58. The molecule has 0 aliphatic carbocycles. The van der Waals surface area contributed by atoms with E-state index in [1.165, 1.54) is 4.88 Å². The Morgan fingerprint density at radius 1 is 1.57 bits per heavy atom. The highest BCUT2D eigenvalue weighted by atomic mass is 35.5. The number of aliphatic hydroxyl groups is 1. The fourth-order valence-corrected chi connectivity index (χ4v) is 2.14. The summed E-state index contributed by atoms with van der Waals surface area (Å²) in [6, 6.07) is 3.92. The zero-order valence-corrected chi connectivity index (χ0v) is 9.44. The van der Waals surface area contributed by atoms with Gasteiger partial charge in [0.25, 0.3) is 0 Å². The summed E-state index contributed by atoms with van der Waals surface area (Å²) in [5.74, 6) is 0. The third-order valence-electron chi connectivity index (χ3n) is 1.83. The fourth-order valence-electron chi connectivity index (χ4n) is 1.05. The van der Waals surface area contributed by atoms with Crippen LogP contribution in [-0.4, -0.2) is 30.8 Å². The molecule has 1 aromatic rings. The Balaban J connectivity index is 2.10. The Kier molecular flexibility index (Phi) is 5.44. The van der Waals surface area contributed by atoms with Gasteiger partial charge in [-0.2, -0.15) is 0 Å². The zero-order chi connectivity index (χ0) is 10.4. The van der Waals surface area contributed by atoms with Crippen LogP contribution in [0.4, 0.5) is 0 Å². The highest BCUT2D eigenvalue weighted by molar-refractivity contribution is 7.16. The van der Waals surface area contributed by atoms with Gasteiger partial charge in [0.2, 0.25) is 0 Å². The molecule has 1 rings (SSSR count). The number of hydrogen-bond acceptors (Lipinski definition) is 4. The Labute approximate surface area is 92.9 Å². The molecule has 4 N–H and O–H groups in total. The first-order chi connectivity index (χ1) is 6.72. The summed E-state index contributed by atoms with van der Waals surface area (Å²) >= 11 is 7.38. The van der Waals surface area contributed by atoms with E-state index >= 15 is 0 Å². The zero-order valence-electron chi connectivity index (χ0n) is 7.87. The molecule has 14 heavy (non-hydrogen) atoms. The van der Waals surface area contributed by atoms with Crippen molar-refractivity contribution in [3.05, 3.63) is 21.3 Å². The molecule has 1 heterocycles. The van der Waals surface area contributed by atoms with E-state index in [4.69, 9.17) is 22.4 Å². The van der Waals surface area contributed by atoms with Crippen molar-refractivity contribution in [1.29, 1.82) is 0 Å². The van der Waals surface area contributed by atoms with Crippen LogP contribution < -0.4 is 11.1 Å². The van der Waals surface area contributed by atoms with Gasteiger partial charge in [0.05, 0.1) is 10.4 Å². The number of nitrogens with one attached hydrogen (secondary N) is 1. The number of thiophene rings is 1. The molecule has 0 aliphatic heterocycles. The standard InChI is InChI=1S/C9H15ClN2OS/c10-9-2-1-8(14-9)3-4-12-6-7(13)5-11/h1-2,7,12-13H,3-6,11H2. The lowest BCUT2D eigenvalue weighted by Gasteiger charge is -2.08. The Morgan fingerprint density at radius 2 is 2.36 bits per heavy atom. The summed E-state index contributed by atoms with van der Waals surface area (Å²) in [5, 5.41) is 12.3. The van der Waals surface area contributed by atoms with E-state index in [1.54, 1.807) is 11.3 Å². The molecule has 0 radical (unpaired) electrons. The average molecular weight is 235 g/mol. The summed E-state index contributed by atoms with van der Waals surface area (Å²) in [4.78, 5) is 1.25. The minimum atomic E-state index is -0.443. The molecule has 1 aromatic heterocycles. The number of halogens is 1. The number of hydrogen-bond donors (Lipinski definition) is 3. The second-order valence-electron chi connectivity index (χ2n) is 3.05. The molecule has 0 aromatic carbocycles. The largest absolute Gasteiger partial charge is 0.390 e. The first-order valence-electron chi connectivity index (χ1n) is 4.55. The monoisotopic (exact) mass is 234 g/mol. The van der Waals surface area contributed by atoms with Crippen LogP contribution in [0.3, 0.4) is 0 Å². The summed E-state index contributed by atoms with van der Waals surface area (Å²) in [6.45, 7) is 1.70. The predicted molar refractivity (Wildman–Crippen MR) is 61.0 cm³/mol. The van der Waals surface area contributed by atoms with E-state index in [2.05, 4.69) is 5.32 Å². The number of nitrogens with two attached hydrogens (primary N) is 1. The van der Waals surface area contributed by atoms with Crippen LogP contribution in [-0.2, 0) is 6.42 Å². The lowest BCUT2D eigenvalue weighted by Crippen LogP contribution is -2.33. The molecular weight excluding hydrogens is 220 g/mol. The Morgan fingerprint density at radius 3 is 2.93 bits per heavy atom. The maximum absolute atomic E-state index is 9.15. The van der Waals surface area contributed by atoms with Crippen LogP contribution >= 0.6 is 22.9 Å². The lowest BCUT2D eigenvalue weighted by molar-refractivity contribution is 0.180. The SMILES string of the molecule is NCC(O)CNCCc1ccc(Cl)s1. The molecule has 0 spiro atoms. The third-order valence-corrected chi connectivity index (χ3v) is 3.12. The second kappa shape index (κ2) is 6.37. The van der Waals surface area contributed by atoms with Crippen molar-refractivity contribution in [3.8, 4) is 0 Å². The summed E-state index contributed by atoms with van der Waals surface area (Å²) in [6.07, 6.45) is 0.497. The van der Waals surface area contributed by atoms with Gasteiger partial charge in [-0.15, -0.1) is 11.3 Å². The molecule has 0 fully saturated rings. The van der Waals surface area contributed by atoms with E-state index in [9.17, 15) is 0 Å². The number of aliphatic hydroxyl groups excluding tert-OH is 1. The molecule has 3 nitrogen and oxygen atoms in total. The van der Waals surface area contributed by atoms with Gasteiger partial charge in [-0.25, -0.2) is 0 Å². The van der Waals surface area contributed by atoms with Crippen molar-refractivity contribution in [2.75, 3.05) is 19.6 Å². The molecule has 80 valence electrons. The Bertz CT molecular complexity index is 267. The summed E-state index contributed by atoms with van der Waals surface area (Å²) in [5.41, 5.74) is 5.26. The van der Waals surface area contributed by atoms with E-state index < -0.39 is 6.10 Å². The van der Waals surface area contributed by atoms with E-state index in [1.807, 2.05) is 12.1 Å². The summed E-state index contributed by atoms with van der Waals surface area (Å²) < 4.78 is 0.821. The van der Waals surface area contributed by atoms with Gasteiger partial charge >= 0.3 is 0 Å². The quantitative estimate of drug-likeness (QED) is 0.640. The van der Waals surface area contributed by atoms with Gasteiger partial charge < -0.3 is 16.2 Å². The van der Waals surface area contributed by atoms with Crippen molar-refractivity contribution in [1.82, 2.24) is 5.32 Å². The minimum absolute atomic E-state index is 0.303. The molecule has 1 unspecified atom stereocenters. The fraction of sp³-hybridized carbons (Fsp3) is 0.556. The van der Waals surface area contributed by atoms with E-state index in [-0.39, 0.29) is 0 Å². The molecule has 1 atom stereocenters. The molecule has 0 bridgehead atoms. The maximum Gasteiger partial charge on any atom is 0.0931 e. The maximum atomic E-state index is 9.15. The second-order valence-corrected chi connectivity index (χ2v) is 4.85. The normalized spacial score (nSPS) is 13.1. The van der Waals surface area contributed by atoms with Crippen molar-refractivity contribution >= 4 is 22.9 Å². The first-order valence-corrected chi connectivity index (χ1v) is 5.75. The van der Waals surface area contributed by atoms with Crippen molar-refractivity contribution < 1.29 is 5.11 Å². The molecule has 0 saturated heterocycles. The molecule has 0 saturated carbocycles. The van der Waals surface area contributed by atoms with Gasteiger partial charge in [-0.1, -0.05) is 11.6 Å². The van der Waals surface area contributed by atoms with E-state index in [0.29, 0.717) is 13.1 Å². The van der Waals surface area contributed by atoms with Crippen molar-refractivity contribution in [2.45, 2.75) is 12.5 Å². The van der Waals surface area contributed by atoms with Gasteiger partial charge in [-0.3, -0.25) is 0 Å². The van der Waals surface area contributed by atoms with Crippen LogP contribution in [0.1, 0.15) is 4.88 Å². The van der Waals surface area contributed by atoms with Crippen molar-refractivity contribution in [3.63, 3.8) is 0 Å². The predicted octanol–water partition coefficient (Wildman–Crippen LogP) is 0.853. The van der Waals surface area contributed by atoms with Crippen LogP contribution in [0, 0.1) is 0 Å². The molecular formula is C9H15ClN2OS. The van der Waals surface area contributed by atoms with Gasteiger partial charge in [0.1, 0.15) is 0 Å². The smallest absolute Gasteiger partial charge is 0.0931 e. The van der Waals surface area contributed by atoms with Crippen LogP contribution in [0.15, 0.2) is 12.1 Å². The summed E-state index contributed by atoms with van der Waals surface area (Å²) in [7, 11) is 0. The van der Waals surface area contributed by atoms with Crippen molar-refractivity contribution in [2.24, 2.45) is 5.73 Å². The topological polar surface area (TPSA) is 58.3 Å². The molecule has 5 heteroatoms. The van der Waals surface area contributed by atoms with Gasteiger partial charge in [0.15, 0.2) is 0 Å². The lowest BCUT2D eigenvalue weighted by atomic mass is 10.3.